The molecule has 0 spiro atoms. The maximum Gasteiger partial charge on any atom is 0.176 e. The average molecular weight is 300 g/mol. The predicted molar refractivity (Wildman–Crippen MR) is 88.6 cm³/mol. The number of ketones is 1. The van der Waals surface area contributed by atoms with E-state index < -0.39 is 0 Å². The van der Waals surface area contributed by atoms with Crippen LogP contribution >= 0.6 is 11.8 Å². The molecule has 2 rings (SSSR count). The third kappa shape index (κ3) is 4.11. The second kappa shape index (κ2) is 7.32. The van der Waals surface area contributed by atoms with Crippen LogP contribution in [0.15, 0.2) is 53.4 Å². The Labute approximate surface area is 130 Å². The van der Waals surface area contributed by atoms with E-state index in [1.54, 1.807) is 18.9 Å². The van der Waals surface area contributed by atoms with E-state index in [1.807, 2.05) is 48.5 Å². The van der Waals surface area contributed by atoms with Crippen molar-refractivity contribution >= 4 is 17.5 Å². The summed E-state index contributed by atoms with van der Waals surface area (Å²) >= 11 is 1.55. The third-order valence-corrected chi connectivity index (χ3v) is 4.32. The summed E-state index contributed by atoms with van der Waals surface area (Å²) in [5, 5.41) is 0. The predicted octanol–water partition coefficient (Wildman–Crippen LogP) is 4.79. The minimum atomic E-state index is 0.100. The number of thioether (sulfide) groups is 1. The van der Waals surface area contributed by atoms with E-state index >= 15 is 0 Å². The highest BCUT2D eigenvalue weighted by Gasteiger charge is 2.14. The van der Waals surface area contributed by atoms with Crippen LogP contribution in [0.1, 0.15) is 35.7 Å². The van der Waals surface area contributed by atoms with Crippen LogP contribution in [-0.4, -0.2) is 18.6 Å². The molecule has 2 nitrogen and oxygen atoms in total. The van der Waals surface area contributed by atoms with Gasteiger partial charge < -0.3 is 4.74 Å². The number of benzene rings is 2. The SMILES string of the molecule is COc1ccc(C(C)C)cc1C(=O)CSc1ccccc1. The zero-order valence-corrected chi connectivity index (χ0v) is 13.4. The number of rotatable bonds is 6. The van der Waals surface area contributed by atoms with Crippen LogP contribution in [0.25, 0.3) is 0 Å². The Morgan fingerprint density at radius 1 is 1.14 bits per heavy atom. The summed E-state index contributed by atoms with van der Waals surface area (Å²) in [5.74, 6) is 1.56. The van der Waals surface area contributed by atoms with E-state index in [1.165, 1.54) is 0 Å². The highest BCUT2D eigenvalue weighted by molar-refractivity contribution is 8.00. The molecular formula is C18H20O2S. The molecule has 0 saturated carbocycles. The van der Waals surface area contributed by atoms with Crippen molar-refractivity contribution in [2.24, 2.45) is 0 Å². The lowest BCUT2D eigenvalue weighted by Gasteiger charge is -2.12. The molecule has 3 heteroatoms. The first-order valence-electron chi connectivity index (χ1n) is 7.00. The molecule has 21 heavy (non-hydrogen) atoms. The number of methoxy groups -OCH3 is 1. The van der Waals surface area contributed by atoms with Crippen molar-refractivity contribution in [3.63, 3.8) is 0 Å². The van der Waals surface area contributed by atoms with Gasteiger partial charge in [-0.15, -0.1) is 11.8 Å². The molecular weight excluding hydrogens is 280 g/mol. The molecule has 2 aromatic carbocycles. The molecule has 0 aliphatic rings. The Bertz CT molecular complexity index is 606. The van der Waals surface area contributed by atoms with Crippen LogP contribution in [0.5, 0.6) is 5.75 Å². The van der Waals surface area contributed by atoms with E-state index in [2.05, 4.69) is 13.8 Å². The highest BCUT2D eigenvalue weighted by atomic mass is 32.2. The van der Waals surface area contributed by atoms with Crippen molar-refractivity contribution < 1.29 is 9.53 Å². The fraction of sp³-hybridized carbons (Fsp3) is 0.278. The molecule has 0 unspecified atom stereocenters. The molecule has 0 aliphatic carbocycles. The lowest BCUT2D eigenvalue weighted by atomic mass is 9.99. The quantitative estimate of drug-likeness (QED) is 0.566. The van der Waals surface area contributed by atoms with Gasteiger partial charge in [-0.25, -0.2) is 0 Å². The molecule has 0 bridgehead atoms. The van der Waals surface area contributed by atoms with Crippen molar-refractivity contribution in [1.29, 1.82) is 0 Å². The van der Waals surface area contributed by atoms with Gasteiger partial charge >= 0.3 is 0 Å². The van der Waals surface area contributed by atoms with Crippen molar-refractivity contribution in [3.8, 4) is 5.75 Å². The molecule has 0 radical (unpaired) electrons. The van der Waals surface area contributed by atoms with Gasteiger partial charge in [0.1, 0.15) is 5.75 Å². The highest BCUT2D eigenvalue weighted by Crippen LogP contribution is 2.27. The van der Waals surface area contributed by atoms with Crippen LogP contribution in [0, 0.1) is 0 Å². The Hall–Kier alpha value is -1.74. The van der Waals surface area contributed by atoms with Crippen LogP contribution in [0.2, 0.25) is 0 Å². The number of carbonyl (C=O) groups excluding carboxylic acids is 1. The van der Waals surface area contributed by atoms with Gasteiger partial charge in [0, 0.05) is 4.90 Å². The van der Waals surface area contributed by atoms with Gasteiger partial charge in [-0.2, -0.15) is 0 Å². The number of hydrogen-bond donors (Lipinski definition) is 0. The molecule has 0 fully saturated rings. The van der Waals surface area contributed by atoms with E-state index in [0.717, 1.165) is 10.5 Å². The van der Waals surface area contributed by atoms with Crippen molar-refractivity contribution in [1.82, 2.24) is 0 Å². The van der Waals surface area contributed by atoms with Crippen LogP contribution in [0.4, 0.5) is 0 Å². The second-order valence-corrected chi connectivity index (χ2v) is 6.19. The first-order chi connectivity index (χ1) is 10.1. The van der Waals surface area contributed by atoms with Crippen molar-refractivity contribution in [2.45, 2.75) is 24.7 Å². The average Bonchev–Trinajstić information content (AvgIpc) is 2.52. The largest absolute Gasteiger partial charge is 0.496 e. The fourth-order valence-corrected chi connectivity index (χ4v) is 2.85. The zero-order chi connectivity index (χ0) is 15.2. The molecule has 0 heterocycles. The van der Waals surface area contributed by atoms with Gasteiger partial charge in [0.05, 0.1) is 18.4 Å². The molecule has 0 amide bonds. The number of hydrogen-bond acceptors (Lipinski definition) is 3. The zero-order valence-electron chi connectivity index (χ0n) is 12.6. The first kappa shape index (κ1) is 15.6. The van der Waals surface area contributed by atoms with Crippen molar-refractivity contribution in [2.75, 3.05) is 12.9 Å². The van der Waals surface area contributed by atoms with Crippen LogP contribution < -0.4 is 4.74 Å². The molecule has 2 aromatic rings. The lowest BCUT2D eigenvalue weighted by molar-refractivity contribution is 0.101. The standard InChI is InChI=1S/C18H20O2S/c1-13(2)14-9-10-18(20-3)16(11-14)17(19)12-21-15-7-5-4-6-8-15/h4-11,13H,12H2,1-3H3. The lowest BCUT2D eigenvalue weighted by Crippen LogP contribution is -2.06. The number of Topliss-reactive ketones (excluding diaryl/α,β-unsaturated/α-hetero) is 1. The Morgan fingerprint density at radius 3 is 2.48 bits per heavy atom. The summed E-state index contributed by atoms with van der Waals surface area (Å²) in [7, 11) is 1.60. The van der Waals surface area contributed by atoms with Gasteiger partial charge in [-0.3, -0.25) is 4.79 Å². The van der Waals surface area contributed by atoms with Gasteiger partial charge in [0.25, 0.3) is 0 Å². The van der Waals surface area contributed by atoms with Gasteiger partial charge in [0.15, 0.2) is 5.78 Å². The van der Waals surface area contributed by atoms with E-state index in [0.29, 0.717) is 23.0 Å². The summed E-state index contributed by atoms with van der Waals surface area (Å²) in [6, 6.07) is 15.8. The van der Waals surface area contributed by atoms with Gasteiger partial charge in [-0.05, 0) is 35.7 Å². The summed E-state index contributed by atoms with van der Waals surface area (Å²) in [6.45, 7) is 4.24. The normalized spacial score (nSPS) is 10.7. The molecule has 0 aromatic heterocycles. The maximum absolute atomic E-state index is 12.5. The molecule has 0 saturated heterocycles. The Morgan fingerprint density at radius 2 is 1.86 bits per heavy atom. The number of carbonyl (C=O) groups is 1. The summed E-state index contributed by atoms with van der Waals surface area (Å²) in [4.78, 5) is 13.6. The summed E-state index contributed by atoms with van der Waals surface area (Å²) in [6.07, 6.45) is 0. The molecule has 0 aliphatic heterocycles. The van der Waals surface area contributed by atoms with E-state index in [-0.39, 0.29) is 5.78 Å². The monoisotopic (exact) mass is 300 g/mol. The number of ether oxygens (including phenoxy) is 1. The molecule has 110 valence electrons. The van der Waals surface area contributed by atoms with Crippen molar-refractivity contribution in [3.05, 3.63) is 59.7 Å². The van der Waals surface area contributed by atoms with E-state index in [4.69, 9.17) is 4.74 Å². The Balaban J connectivity index is 2.15. The van der Waals surface area contributed by atoms with Crippen LogP contribution in [-0.2, 0) is 0 Å². The minimum Gasteiger partial charge on any atom is -0.496 e. The topological polar surface area (TPSA) is 26.3 Å². The fourth-order valence-electron chi connectivity index (χ4n) is 2.05. The molecule has 0 atom stereocenters. The third-order valence-electron chi connectivity index (χ3n) is 3.30. The first-order valence-corrected chi connectivity index (χ1v) is 7.99. The molecule has 0 N–H and O–H groups in total. The summed E-state index contributed by atoms with van der Waals surface area (Å²) in [5.41, 5.74) is 1.83. The minimum absolute atomic E-state index is 0.100. The second-order valence-electron chi connectivity index (χ2n) is 5.14. The summed E-state index contributed by atoms with van der Waals surface area (Å²) < 4.78 is 5.32. The Kier molecular flexibility index (Phi) is 5.45. The van der Waals surface area contributed by atoms with Gasteiger partial charge in [0.2, 0.25) is 0 Å². The van der Waals surface area contributed by atoms with E-state index in [9.17, 15) is 4.79 Å². The van der Waals surface area contributed by atoms with Crippen LogP contribution in [0.3, 0.4) is 0 Å². The smallest absolute Gasteiger partial charge is 0.176 e. The van der Waals surface area contributed by atoms with Gasteiger partial charge in [-0.1, -0.05) is 38.1 Å². The maximum atomic E-state index is 12.5.